The van der Waals surface area contributed by atoms with Crippen LogP contribution < -0.4 is 15.5 Å². The first-order chi connectivity index (χ1) is 18.5. The summed E-state index contributed by atoms with van der Waals surface area (Å²) in [6.07, 6.45) is 6.10. The van der Waals surface area contributed by atoms with Gasteiger partial charge in [-0.15, -0.1) is 0 Å². The number of anilines is 3. The second-order valence-electron chi connectivity index (χ2n) is 10.7. The van der Waals surface area contributed by atoms with Crippen LogP contribution in [0.15, 0.2) is 72.8 Å². The van der Waals surface area contributed by atoms with Gasteiger partial charge in [-0.2, -0.15) is 0 Å². The number of hydrogen-bond donors (Lipinski definition) is 3. The highest BCUT2D eigenvalue weighted by molar-refractivity contribution is 6.01. The van der Waals surface area contributed by atoms with E-state index in [1.807, 2.05) is 53.4 Å². The topological polar surface area (TPSA) is 85.3 Å². The second-order valence-corrected chi connectivity index (χ2v) is 10.7. The van der Waals surface area contributed by atoms with E-state index < -0.39 is 0 Å². The minimum Gasteiger partial charge on any atom is -0.355 e. The predicted molar refractivity (Wildman–Crippen MR) is 146 cm³/mol. The molecule has 0 bridgehead atoms. The summed E-state index contributed by atoms with van der Waals surface area (Å²) in [5, 5.41) is 14.6. The maximum atomic E-state index is 14.1. The summed E-state index contributed by atoms with van der Waals surface area (Å²) in [5.74, 6) is 0.0311. The van der Waals surface area contributed by atoms with E-state index in [1.54, 1.807) is 12.1 Å². The third kappa shape index (κ3) is 4.93. The first-order valence-electron chi connectivity index (χ1n) is 13.4. The number of benzene rings is 3. The molecule has 1 aliphatic heterocycles. The van der Waals surface area contributed by atoms with Crippen molar-refractivity contribution in [1.29, 1.82) is 5.41 Å². The lowest BCUT2D eigenvalue weighted by atomic mass is 9.89. The number of nitrogens with zero attached hydrogens (tertiary/aromatic N) is 1. The van der Waals surface area contributed by atoms with Crippen LogP contribution in [0.5, 0.6) is 0 Å². The van der Waals surface area contributed by atoms with Gasteiger partial charge >= 0.3 is 0 Å². The zero-order valence-electron chi connectivity index (χ0n) is 21.1. The molecule has 3 fully saturated rings. The molecule has 2 unspecified atom stereocenters. The van der Waals surface area contributed by atoms with E-state index in [2.05, 4.69) is 10.6 Å². The van der Waals surface area contributed by atoms with Crippen LogP contribution in [-0.4, -0.2) is 24.1 Å². The Labute approximate surface area is 221 Å². The van der Waals surface area contributed by atoms with Crippen molar-refractivity contribution in [2.24, 2.45) is 17.8 Å². The van der Waals surface area contributed by atoms with Crippen LogP contribution in [0.3, 0.4) is 0 Å². The first-order valence-corrected chi connectivity index (χ1v) is 13.4. The van der Waals surface area contributed by atoms with Gasteiger partial charge in [-0.3, -0.25) is 9.59 Å². The molecule has 0 radical (unpaired) electrons. The normalized spacial score (nSPS) is 22.8. The van der Waals surface area contributed by atoms with Gasteiger partial charge in [-0.05, 0) is 73.2 Å². The Hall–Kier alpha value is -4.00. The molecule has 3 N–H and O–H groups in total. The van der Waals surface area contributed by atoms with Crippen LogP contribution in [0.25, 0.3) is 0 Å². The quantitative estimate of drug-likeness (QED) is 0.310. The van der Waals surface area contributed by atoms with Crippen molar-refractivity contribution in [2.75, 3.05) is 10.2 Å². The number of amides is 2. The van der Waals surface area contributed by atoms with E-state index in [4.69, 9.17) is 5.41 Å². The van der Waals surface area contributed by atoms with Crippen LogP contribution in [-0.2, 0) is 9.59 Å². The lowest BCUT2D eigenvalue weighted by Gasteiger charge is -2.30. The van der Waals surface area contributed by atoms with Crippen molar-refractivity contribution in [3.63, 3.8) is 0 Å². The smallest absolute Gasteiger partial charge is 0.232 e. The van der Waals surface area contributed by atoms with Crippen LogP contribution >= 0.6 is 0 Å². The fourth-order valence-corrected chi connectivity index (χ4v) is 5.53. The lowest BCUT2D eigenvalue weighted by molar-refractivity contribution is -0.124. The number of carbonyl (C=O) groups is 2. The molecule has 2 aliphatic carbocycles. The largest absolute Gasteiger partial charge is 0.355 e. The Kier molecular flexibility index (Phi) is 6.44. The van der Waals surface area contributed by atoms with Crippen molar-refractivity contribution < 1.29 is 14.0 Å². The second kappa shape index (κ2) is 10.0. The summed E-state index contributed by atoms with van der Waals surface area (Å²) < 4.78 is 13.4. The van der Waals surface area contributed by atoms with Gasteiger partial charge in [0.15, 0.2) is 0 Å². The summed E-state index contributed by atoms with van der Waals surface area (Å²) in [4.78, 5) is 28.9. The number of halogens is 1. The van der Waals surface area contributed by atoms with Crippen molar-refractivity contribution in [3.05, 3.63) is 89.7 Å². The van der Waals surface area contributed by atoms with Gasteiger partial charge in [0.2, 0.25) is 11.8 Å². The van der Waals surface area contributed by atoms with Crippen LogP contribution in [0, 0.1) is 29.0 Å². The molecular weight excluding hydrogens is 479 g/mol. The van der Waals surface area contributed by atoms with E-state index >= 15 is 0 Å². The highest BCUT2D eigenvalue weighted by atomic mass is 19.1. The molecule has 3 aromatic carbocycles. The molecule has 0 aromatic heterocycles. The van der Waals surface area contributed by atoms with Gasteiger partial charge in [0.1, 0.15) is 5.82 Å². The van der Waals surface area contributed by atoms with E-state index in [9.17, 15) is 14.0 Å². The molecule has 2 amide bonds. The standard InChI is InChI=1S/C31H31FN4O2/c32-23-10-12-24(13-11-23)34-27-15-14-25(17-22(27)18-33)36-29(20-4-2-1-3-5-20)28(35-30(37)21-8-9-21)26(31(36)38)16-19-6-7-19/h1-5,10-15,17-19,21,26,28-29,33-34H,6-9,16H2,(H,35,37)/t26?,28?,29-/m1/s1. The average molecular weight is 511 g/mol. The van der Waals surface area contributed by atoms with Crippen LogP contribution in [0.2, 0.25) is 0 Å². The molecule has 1 heterocycles. The SMILES string of the molecule is N=Cc1cc(N2C(=O)C(CC3CC3)C(NC(=O)C3CC3)[C@H]2c2ccccc2)ccc1Nc1ccc(F)cc1. The Morgan fingerprint density at radius 2 is 1.74 bits per heavy atom. The average Bonchev–Trinajstić information content (AvgIpc) is 3.86. The minimum absolute atomic E-state index is 0.0158. The summed E-state index contributed by atoms with van der Waals surface area (Å²) in [6, 6.07) is 20.9. The highest BCUT2D eigenvalue weighted by Crippen LogP contribution is 2.47. The molecule has 3 aliphatic rings. The Balaban J connectivity index is 1.38. The third-order valence-electron chi connectivity index (χ3n) is 7.88. The van der Waals surface area contributed by atoms with Gasteiger partial charge in [-0.25, -0.2) is 4.39 Å². The van der Waals surface area contributed by atoms with Crippen molar-refractivity contribution in [3.8, 4) is 0 Å². The molecule has 194 valence electrons. The minimum atomic E-state index is -0.343. The summed E-state index contributed by atoms with van der Waals surface area (Å²) >= 11 is 0. The maximum Gasteiger partial charge on any atom is 0.232 e. The maximum absolute atomic E-state index is 14.1. The molecule has 7 heteroatoms. The Bertz CT molecular complexity index is 1350. The third-order valence-corrected chi connectivity index (χ3v) is 7.88. The van der Waals surface area contributed by atoms with Crippen LogP contribution in [0.4, 0.5) is 21.5 Å². The molecule has 6 rings (SSSR count). The number of nitrogens with one attached hydrogen (secondary N) is 3. The molecule has 2 saturated carbocycles. The zero-order valence-corrected chi connectivity index (χ0v) is 21.1. The highest BCUT2D eigenvalue weighted by Gasteiger charge is 2.52. The monoisotopic (exact) mass is 510 g/mol. The molecule has 6 nitrogen and oxygen atoms in total. The Morgan fingerprint density at radius 1 is 1.00 bits per heavy atom. The van der Waals surface area contributed by atoms with Crippen molar-refractivity contribution in [2.45, 2.75) is 44.2 Å². The van der Waals surface area contributed by atoms with Crippen LogP contribution in [0.1, 0.15) is 49.3 Å². The summed E-state index contributed by atoms with van der Waals surface area (Å²) in [5.41, 5.74) is 3.66. The van der Waals surface area contributed by atoms with Gasteiger partial charge in [-0.1, -0.05) is 43.2 Å². The van der Waals surface area contributed by atoms with Gasteiger partial charge < -0.3 is 20.9 Å². The fraction of sp³-hybridized carbons (Fsp3) is 0.323. The van der Waals surface area contributed by atoms with Gasteiger partial charge in [0.05, 0.1) is 18.0 Å². The van der Waals surface area contributed by atoms with E-state index in [0.717, 1.165) is 37.7 Å². The Morgan fingerprint density at radius 3 is 2.39 bits per heavy atom. The van der Waals surface area contributed by atoms with Crippen molar-refractivity contribution in [1.82, 2.24) is 5.32 Å². The summed E-state index contributed by atoms with van der Waals surface area (Å²) in [7, 11) is 0. The molecule has 38 heavy (non-hydrogen) atoms. The fourth-order valence-electron chi connectivity index (χ4n) is 5.53. The molecule has 3 atom stereocenters. The van der Waals surface area contributed by atoms with E-state index in [-0.39, 0.29) is 41.6 Å². The lowest BCUT2D eigenvalue weighted by Crippen LogP contribution is -2.43. The molecule has 3 aromatic rings. The molecule has 1 saturated heterocycles. The van der Waals surface area contributed by atoms with E-state index in [0.29, 0.717) is 28.5 Å². The summed E-state index contributed by atoms with van der Waals surface area (Å²) in [6.45, 7) is 0. The number of carbonyl (C=O) groups excluding carboxylic acids is 2. The predicted octanol–water partition coefficient (Wildman–Crippen LogP) is 5.97. The number of rotatable bonds is 9. The first kappa shape index (κ1) is 24.3. The van der Waals surface area contributed by atoms with Gasteiger partial charge in [0, 0.05) is 34.8 Å². The molecule has 0 spiro atoms. The van der Waals surface area contributed by atoms with Gasteiger partial charge in [0.25, 0.3) is 0 Å². The van der Waals surface area contributed by atoms with E-state index in [1.165, 1.54) is 18.3 Å². The van der Waals surface area contributed by atoms with Crippen molar-refractivity contribution >= 4 is 35.1 Å². The zero-order chi connectivity index (χ0) is 26.2. The number of hydrogen-bond acceptors (Lipinski definition) is 4. The molecular formula is C31H31FN4O2.